The predicted molar refractivity (Wildman–Crippen MR) is 45.9 cm³/mol. The van der Waals surface area contributed by atoms with Crippen molar-refractivity contribution < 1.29 is 9.90 Å². The zero-order valence-electron chi connectivity index (χ0n) is 6.59. The highest BCUT2D eigenvalue weighted by molar-refractivity contribution is 6.20. The number of hydrogen-bond acceptors (Lipinski definition) is 1. The van der Waals surface area contributed by atoms with Crippen LogP contribution >= 0.6 is 11.6 Å². The number of carboxylic acids is 1. The summed E-state index contributed by atoms with van der Waals surface area (Å²) in [6.45, 7) is 1.92. The van der Waals surface area contributed by atoms with Crippen molar-refractivity contribution in [1.29, 1.82) is 0 Å². The summed E-state index contributed by atoms with van der Waals surface area (Å²) in [7, 11) is 0. The van der Waals surface area contributed by atoms with E-state index in [4.69, 9.17) is 16.7 Å². The van der Waals surface area contributed by atoms with Crippen molar-refractivity contribution in [3.63, 3.8) is 0 Å². The average molecular weight is 177 g/mol. The molecule has 1 atom stereocenters. The smallest absolute Gasteiger partial charge is 0.307 e. The van der Waals surface area contributed by atoms with E-state index in [1.54, 1.807) is 6.08 Å². The molecule has 0 saturated heterocycles. The minimum Gasteiger partial charge on any atom is -0.481 e. The molecule has 0 heterocycles. The average Bonchev–Trinajstić information content (AvgIpc) is 1.85. The fraction of sp³-hybridized carbons (Fsp3) is 0.625. The van der Waals surface area contributed by atoms with Crippen LogP contribution in [-0.2, 0) is 4.79 Å². The minimum atomic E-state index is -0.792. The second kappa shape index (κ2) is 6.23. The van der Waals surface area contributed by atoms with Gasteiger partial charge in [0.15, 0.2) is 0 Å². The highest BCUT2D eigenvalue weighted by atomic mass is 35.5. The fourth-order valence-corrected chi connectivity index (χ4v) is 0.754. The summed E-state index contributed by atoms with van der Waals surface area (Å²) < 4.78 is 0. The Morgan fingerprint density at radius 3 is 2.73 bits per heavy atom. The van der Waals surface area contributed by atoms with Gasteiger partial charge in [-0.05, 0) is 19.8 Å². The van der Waals surface area contributed by atoms with Crippen LogP contribution in [0.5, 0.6) is 0 Å². The Kier molecular flexibility index (Phi) is 5.94. The lowest BCUT2D eigenvalue weighted by Crippen LogP contribution is -1.90. The molecule has 1 unspecified atom stereocenters. The maximum absolute atomic E-state index is 10.0. The van der Waals surface area contributed by atoms with Crippen molar-refractivity contribution in [1.82, 2.24) is 0 Å². The van der Waals surface area contributed by atoms with Crippen LogP contribution in [0.25, 0.3) is 0 Å². The number of alkyl halides is 1. The van der Waals surface area contributed by atoms with Gasteiger partial charge in [-0.3, -0.25) is 4.79 Å². The largest absolute Gasteiger partial charge is 0.481 e. The Balaban J connectivity index is 3.23. The molecule has 0 aromatic carbocycles. The number of rotatable bonds is 5. The first kappa shape index (κ1) is 10.5. The lowest BCUT2D eigenvalue weighted by molar-refractivity contribution is -0.136. The van der Waals surface area contributed by atoms with E-state index in [1.165, 1.54) is 0 Å². The summed E-state index contributed by atoms with van der Waals surface area (Å²) in [5, 5.41) is 8.42. The SMILES string of the molecule is CC(Cl)CC/C=C/CC(=O)O. The standard InChI is InChI=1S/C8H13ClO2/c1-7(9)5-3-2-4-6-8(10)11/h2,4,7H,3,5-6H2,1H3,(H,10,11)/b4-2+. The Hall–Kier alpha value is -0.500. The minimum absolute atomic E-state index is 0.108. The van der Waals surface area contributed by atoms with Crippen molar-refractivity contribution in [2.75, 3.05) is 0 Å². The maximum atomic E-state index is 10.0. The number of halogens is 1. The third kappa shape index (κ3) is 9.50. The monoisotopic (exact) mass is 176 g/mol. The van der Waals surface area contributed by atoms with Crippen LogP contribution < -0.4 is 0 Å². The number of hydrogen-bond donors (Lipinski definition) is 1. The molecular weight excluding hydrogens is 164 g/mol. The molecule has 0 bridgehead atoms. The van der Waals surface area contributed by atoms with Crippen molar-refractivity contribution in [3.8, 4) is 0 Å². The van der Waals surface area contributed by atoms with Gasteiger partial charge in [-0.25, -0.2) is 0 Å². The highest BCUT2D eigenvalue weighted by Gasteiger charge is 1.92. The lowest BCUT2D eigenvalue weighted by atomic mass is 10.2. The van der Waals surface area contributed by atoms with E-state index in [0.717, 1.165) is 12.8 Å². The molecule has 3 heteroatoms. The molecule has 0 radical (unpaired) electrons. The molecule has 0 fully saturated rings. The van der Waals surface area contributed by atoms with Gasteiger partial charge in [0, 0.05) is 5.38 Å². The second-order valence-electron chi connectivity index (χ2n) is 2.43. The summed E-state index contributed by atoms with van der Waals surface area (Å²) in [6.07, 6.45) is 5.38. The topological polar surface area (TPSA) is 37.3 Å². The van der Waals surface area contributed by atoms with Gasteiger partial charge in [-0.15, -0.1) is 11.6 Å². The molecule has 0 aliphatic rings. The first-order valence-electron chi connectivity index (χ1n) is 3.63. The van der Waals surface area contributed by atoms with Gasteiger partial charge in [0.05, 0.1) is 6.42 Å². The van der Waals surface area contributed by atoms with E-state index in [0.29, 0.717) is 0 Å². The van der Waals surface area contributed by atoms with E-state index >= 15 is 0 Å². The summed E-state index contributed by atoms with van der Waals surface area (Å²) in [4.78, 5) is 10.0. The fourth-order valence-electron chi connectivity index (χ4n) is 0.628. The van der Waals surface area contributed by atoms with E-state index in [2.05, 4.69) is 0 Å². The molecule has 64 valence electrons. The first-order chi connectivity index (χ1) is 5.13. The predicted octanol–water partition coefficient (Wildman–Crippen LogP) is 2.42. The Morgan fingerprint density at radius 2 is 2.27 bits per heavy atom. The van der Waals surface area contributed by atoms with Crippen LogP contribution in [0.4, 0.5) is 0 Å². The summed E-state index contributed by atoms with van der Waals surface area (Å²) in [5.74, 6) is -0.792. The van der Waals surface area contributed by atoms with Crippen LogP contribution in [0.2, 0.25) is 0 Å². The van der Waals surface area contributed by atoms with Crippen molar-refractivity contribution in [2.45, 2.75) is 31.6 Å². The maximum Gasteiger partial charge on any atom is 0.307 e. The van der Waals surface area contributed by atoms with E-state index in [-0.39, 0.29) is 11.8 Å². The van der Waals surface area contributed by atoms with Gasteiger partial charge in [0.2, 0.25) is 0 Å². The normalized spacial score (nSPS) is 13.6. The van der Waals surface area contributed by atoms with Crippen molar-refractivity contribution in [2.24, 2.45) is 0 Å². The molecule has 11 heavy (non-hydrogen) atoms. The number of carboxylic acid groups (broad SMARTS) is 1. The second-order valence-corrected chi connectivity index (χ2v) is 3.17. The molecule has 0 aliphatic heterocycles. The molecule has 0 rings (SSSR count). The quantitative estimate of drug-likeness (QED) is 0.516. The van der Waals surface area contributed by atoms with Crippen molar-refractivity contribution >= 4 is 17.6 Å². The Morgan fingerprint density at radius 1 is 1.64 bits per heavy atom. The molecule has 0 amide bonds. The van der Waals surface area contributed by atoms with Gasteiger partial charge in [0.25, 0.3) is 0 Å². The Labute approximate surface area is 71.9 Å². The molecule has 0 spiro atoms. The highest BCUT2D eigenvalue weighted by Crippen LogP contribution is 2.04. The van der Waals surface area contributed by atoms with Gasteiger partial charge < -0.3 is 5.11 Å². The van der Waals surface area contributed by atoms with Gasteiger partial charge >= 0.3 is 5.97 Å². The summed E-state index contributed by atoms with van der Waals surface area (Å²) in [5.41, 5.74) is 0. The third-order valence-electron chi connectivity index (χ3n) is 1.19. The van der Waals surface area contributed by atoms with Gasteiger partial charge in [-0.2, -0.15) is 0 Å². The zero-order valence-corrected chi connectivity index (χ0v) is 7.34. The van der Waals surface area contributed by atoms with Gasteiger partial charge in [0.1, 0.15) is 0 Å². The Bertz CT molecular complexity index is 141. The van der Waals surface area contributed by atoms with Crippen LogP contribution in [0.15, 0.2) is 12.2 Å². The molecule has 2 nitrogen and oxygen atoms in total. The molecular formula is C8H13ClO2. The van der Waals surface area contributed by atoms with Gasteiger partial charge in [-0.1, -0.05) is 12.2 Å². The van der Waals surface area contributed by atoms with Crippen LogP contribution in [0, 0.1) is 0 Å². The van der Waals surface area contributed by atoms with E-state index < -0.39 is 5.97 Å². The zero-order chi connectivity index (χ0) is 8.69. The molecule has 0 aromatic rings. The van der Waals surface area contributed by atoms with E-state index in [9.17, 15) is 4.79 Å². The van der Waals surface area contributed by atoms with E-state index in [1.807, 2.05) is 13.0 Å². The lowest BCUT2D eigenvalue weighted by Gasteiger charge is -1.95. The number of aliphatic carboxylic acids is 1. The molecule has 0 saturated carbocycles. The number of carbonyl (C=O) groups is 1. The third-order valence-corrected chi connectivity index (χ3v) is 1.41. The van der Waals surface area contributed by atoms with Crippen LogP contribution in [0.1, 0.15) is 26.2 Å². The van der Waals surface area contributed by atoms with Crippen LogP contribution in [0.3, 0.4) is 0 Å². The number of allylic oxidation sites excluding steroid dienone is 1. The van der Waals surface area contributed by atoms with Crippen molar-refractivity contribution in [3.05, 3.63) is 12.2 Å². The molecule has 0 aliphatic carbocycles. The molecule has 1 N–H and O–H groups in total. The molecule has 0 aromatic heterocycles. The van der Waals surface area contributed by atoms with Crippen LogP contribution in [-0.4, -0.2) is 16.5 Å². The first-order valence-corrected chi connectivity index (χ1v) is 4.07. The summed E-state index contributed by atoms with van der Waals surface area (Å²) in [6, 6.07) is 0. The summed E-state index contributed by atoms with van der Waals surface area (Å²) >= 11 is 5.67.